The first-order chi connectivity index (χ1) is 12.1. The molecule has 134 valence electrons. The molecule has 1 aromatic carbocycles. The predicted molar refractivity (Wildman–Crippen MR) is 101 cm³/mol. The molecule has 0 saturated carbocycles. The molecule has 0 saturated heterocycles. The van der Waals surface area contributed by atoms with Gasteiger partial charge in [-0.3, -0.25) is 0 Å². The van der Waals surface area contributed by atoms with Gasteiger partial charge in [-0.2, -0.15) is 0 Å². The molecule has 0 unspecified atom stereocenters. The molecule has 6 nitrogen and oxygen atoms in total. The maximum Gasteiger partial charge on any atom is 0.211 e. The second kappa shape index (κ2) is 8.09. The normalized spacial score (nSPS) is 12.0. The lowest BCUT2D eigenvalue weighted by Gasteiger charge is -2.05. The number of rotatable bonds is 9. The van der Waals surface area contributed by atoms with E-state index in [1.165, 1.54) is 0 Å². The molecule has 0 amide bonds. The quantitative estimate of drug-likeness (QED) is 0.559. The molecule has 0 atom stereocenters. The van der Waals surface area contributed by atoms with Crippen molar-refractivity contribution in [2.24, 2.45) is 0 Å². The average Bonchev–Trinajstić information content (AvgIpc) is 3.24. The van der Waals surface area contributed by atoms with Gasteiger partial charge in [0.25, 0.3) is 0 Å². The Morgan fingerprint density at radius 1 is 1.16 bits per heavy atom. The molecule has 2 aromatic heterocycles. The summed E-state index contributed by atoms with van der Waals surface area (Å²) in [6, 6.07) is 11.9. The lowest BCUT2D eigenvalue weighted by atomic mass is 10.3. The molecular weight excluding hydrogens is 358 g/mol. The monoisotopic (exact) mass is 379 g/mol. The number of benzene rings is 1. The largest absolute Gasteiger partial charge is 0.457 e. The second-order valence-corrected chi connectivity index (χ2v) is 8.71. The van der Waals surface area contributed by atoms with E-state index in [0.29, 0.717) is 19.6 Å². The maximum absolute atomic E-state index is 11.3. The van der Waals surface area contributed by atoms with Crippen molar-refractivity contribution >= 4 is 31.6 Å². The Morgan fingerprint density at radius 2 is 2.00 bits per heavy atom. The highest BCUT2D eigenvalue weighted by Gasteiger charge is 2.10. The third kappa shape index (κ3) is 4.88. The van der Waals surface area contributed by atoms with E-state index < -0.39 is 10.0 Å². The lowest BCUT2D eigenvalue weighted by molar-refractivity contribution is 0.490. The summed E-state index contributed by atoms with van der Waals surface area (Å²) in [6.45, 7) is 3.38. The highest BCUT2D eigenvalue weighted by atomic mass is 32.2. The minimum absolute atomic E-state index is 0.112. The Morgan fingerprint density at radius 3 is 2.80 bits per heavy atom. The summed E-state index contributed by atoms with van der Waals surface area (Å²) in [6.07, 6.45) is 0.727. The van der Waals surface area contributed by atoms with Gasteiger partial charge in [-0.15, -0.1) is 11.3 Å². The van der Waals surface area contributed by atoms with Gasteiger partial charge in [0.2, 0.25) is 10.0 Å². The van der Waals surface area contributed by atoms with E-state index in [4.69, 9.17) is 4.42 Å². The summed E-state index contributed by atoms with van der Waals surface area (Å²) in [7, 11) is -3.10. The van der Waals surface area contributed by atoms with Crippen molar-refractivity contribution in [1.29, 1.82) is 0 Å². The molecular formula is C17H21N3O3S2. The third-order valence-electron chi connectivity index (χ3n) is 3.70. The maximum atomic E-state index is 11.3. The first kappa shape index (κ1) is 18.1. The van der Waals surface area contributed by atoms with Crippen LogP contribution in [-0.4, -0.2) is 32.2 Å². The van der Waals surface area contributed by atoms with Crippen LogP contribution in [0.2, 0.25) is 0 Å². The highest BCUT2D eigenvalue weighted by Crippen LogP contribution is 2.30. The van der Waals surface area contributed by atoms with E-state index in [9.17, 15) is 8.42 Å². The number of nitrogens with zero attached hydrogens (tertiary/aromatic N) is 1. The SMILES string of the molecule is CCS(=O)(=O)NCCCNCc1ccc(-c2nc3ccccc3s2)o1. The second-order valence-electron chi connectivity index (χ2n) is 5.58. The zero-order valence-corrected chi connectivity index (χ0v) is 15.6. The van der Waals surface area contributed by atoms with Crippen LogP contribution < -0.4 is 10.0 Å². The Bertz CT molecular complexity index is 898. The number of aromatic nitrogens is 1. The van der Waals surface area contributed by atoms with Gasteiger partial charge in [0.1, 0.15) is 5.76 Å². The van der Waals surface area contributed by atoms with Crippen LogP contribution in [0.4, 0.5) is 0 Å². The van der Waals surface area contributed by atoms with Crippen molar-refractivity contribution in [3.8, 4) is 10.8 Å². The molecule has 0 fully saturated rings. The Kier molecular flexibility index (Phi) is 5.85. The van der Waals surface area contributed by atoms with Crippen molar-refractivity contribution in [2.75, 3.05) is 18.8 Å². The molecule has 2 heterocycles. The Labute approximate surface area is 151 Å². The van der Waals surface area contributed by atoms with Gasteiger partial charge >= 0.3 is 0 Å². The number of fused-ring (bicyclic) bond motifs is 1. The van der Waals surface area contributed by atoms with Crippen LogP contribution in [0.1, 0.15) is 19.1 Å². The van der Waals surface area contributed by atoms with Crippen LogP contribution in [0.5, 0.6) is 0 Å². The van der Waals surface area contributed by atoms with Crippen LogP contribution in [0.3, 0.4) is 0 Å². The van der Waals surface area contributed by atoms with E-state index in [-0.39, 0.29) is 5.75 Å². The summed E-state index contributed by atoms with van der Waals surface area (Å²) < 4.78 is 32.1. The first-order valence-electron chi connectivity index (χ1n) is 8.20. The van der Waals surface area contributed by atoms with Crippen LogP contribution >= 0.6 is 11.3 Å². The molecule has 0 aliphatic heterocycles. The van der Waals surface area contributed by atoms with Gasteiger partial charge in [0.15, 0.2) is 10.8 Å². The molecule has 3 rings (SSSR count). The van der Waals surface area contributed by atoms with Crippen molar-refractivity contribution in [1.82, 2.24) is 15.0 Å². The van der Waals surface area contributed by atoms with Gasteiger partial charge in [0.05, 0.1) is 22.5 Å². The van der Waals surface area contributed by atoms with Crippen LogP contribution in [0.25, 0.3) is 21.0 Å². The molecule has 25 heavy (non-hydrogen) atoms. The first-order valence-corrected chi connectivity index (χ1v) is 10.7. The molecule has 0 aliphatic rings. The number of para-hydroxylation sites is 1. The number of hydrogen-bond donors (Lipinski definition) is 2. The van der Waals surface area contributed by atoms with E-state index in [0.717, 1.165) is 33.2 Å². The molecule has 2 N–H and O–H groups in total. The van der Waals surface area contributed by atoms with E-state index in [1.54, 1.807) is 18.3 Å². The molecule has 0 aliphatic carbocycles. The molecule has 0 bridgehead atoms. The summed E-state index contributed by atoms with van der Waals surface area (Å²) >= 11 is 1.61. The summed E-state index contributed by atoms with van der Waals surface area (Å²) in [5.74, 6) is 1.72. The van der Waals surface area contributed by atoms with Crippen LogP contribution in [0, 0.1) is 0 Å². The zero-order valence-electron chi connectivity index (χ0n) is 14.0. The summed E-state index contributed by atoms with van der Waals surface area (Å²) in [5, 5.41) is 4.13. The summed E-state index contributed by atoms with van der Waals surface area (Å²) in [5.41, 5.74) is 0.980. The smallest absolute Gasteiger partial charge is 0.211 e. The fourth-order valence-corrected chi connectivity index (χ4v) is 3.91. The van der Waals surface area contributed by atoms with Gasteiger partial charge in [0, 0.05) is 6.54 Å². The molecule has 8 heteroatoms. The van der Waals surface area contributed by atoms with E-state index in [1.807, 2.05) is 30.3 Å². The summed E-state index contributed by atoms with van der Waals surface area (Å²) in [4.78, 5) is 4.59. The molecule has 3 aromatic rings. The fourth-order valence-electron chi connectivity index (χ4n) is 2.32. The predicted octanol–water partition coefficient (Wildman–Crippen LogP) is 2.98. The van der Waals surface area contributed by atoms with E-state index >= 15 is 0 Å². The molecule has 0 radical (unpaired) electrons. The highest BCUT2D eigenvalue weighted by molar-refractivity contribution is 7.89. The van der Waals surface area contributed by atoms with Gasteiger partial charge in [-0.05, 0) is 44.2 Å². The minimum atomic E-state index is -3.10. The van der Waals surface area contributed by atoms with Gasteiger partial charge in [-0.25, -0.2) is 18.1 Å². The minimum Gasteiger partial charge on any atom is -0.457 e. The van der Waals surface area contributed by atoms with Gasteiger partial charge in [-0.1, -0.05) is 12.1 Å². The lowest BCUT2D eigenvalue weighted by Crippen LogP contribution is -2.28. The standard InChI is InChI=1S/C17H21N3O3S2/c1-2-25(21,22)19-11-5-10-18-12-13-8-9-15(23-13)17-20-14-6-3-4-7-16(14)24-17/h3-4,6-9,18-19H,2,5,10-12H2,1H3. The van der Waals surface area contributed by atoms with Gasteiger partial charge < -0.3 is 9.73 Å². The van der Waals surface area contributed by atoms with Crippen molar-refractivity contribution < 1.29 is 12.8 Å². The number of hydrogen-bond acceptors (Lipinski definition) is 6. The number of thiazole rings is 1. The topological polar surface area (TPSA) is 84.2 Å². The van der Waals surface area contributed by atoms with Crippen LogP contribution in [-0.2, 0) is 16.6 Å². The van der Waals surface area contributed by atoms with Crippen molar-refractivity contribution in [2.45, 2.75) is 19.9 Å². The number of sulfonamides is 1. The van der Waals surface area contributed by atoms with Crippen molar-refractivity contribution in [3.05, 3.63) is 42.2 Å². The third-order valence-corrected chi connectivity index (χ3v) is 6.15. The number of nitrogens with one attached hydrogen (secondary N) is 2. The van der Waals surface area contributed by atoms with E-state index in [2.05, 4.69) is 21.1 Å². The average molecular weight is 380 g/mol. The van der Waals surface area contributed by atoms with Crippen molar-refractivity contribution in [3.63, 3.8) is 0 Å². The Hall–Kier alpha value is -1.74. The molecule has 0 spiro atoms. The zero-order chi connectivity index (χ0) is 17.7. The number of furan rings is 1. The fraction of sp³-hybridized carbons (Fsp3) is 0.353. The Balaban J connectivity index is 1.47. The van der Waals surface area contributed by atoms with Crippen LogP contribution in [0.15, 0.2) is 40.8 Å².